The highest BCUT2D eigenvalue weighted by Crippen LogP contribution is 2.23. The van der Waals surface area contributed by atoms with Crippen LogP contribution in [-0.4, -0.2) is 5.91 Å². The zero-order valence-electron chi connectivity index (χ0n) is 11.8. The van der Waals surface area contributed by atoms with Crippen LogP contribution in [0.2, 0.25) is 0 Å². The predicted molar refractivity (Wildman–Crippen MR) is 87.0 cm³/mol. The number of carbonyl (C=O) groups is 1. The third kappa shape index (κ3) is 3.42. The number of amides is 1. The molecule has 0 saturated carbocycles. The second kappa shape index (κ2) is 6.26. The van der Waals surface area contributed by atoms with Gasteiger partial charge in [-0.05, 0) is 54.8 Å². The molecule has 1 amide bonds. The molecule has 2 rings (SSSR count). The molecule has 0 radical (unpaired) electrons. The molecule has 0 bridgehead atoms. The molecule has 0 aliphatic carbocycles. The van der Waals surface area contributed by atoms with Crippen molar-refractivity contribution in [3.63, 3.8) is 0 Å². The van der Waals surface area contributed by atoms with E-state index in [1.54, 1.807) is 13.0 Å². The minimum absolute atomic E-state index is 0.0440. The van der Waals surface area contributed by atoms with E-state index in [1.807, 2.05) is 19.1 Å². The van der Waals surface area contributed by atoms with Crippen molar-refractivity contribution in [1.82, 2.24) is 0 Å². The van der Waals surface area contributed by atoms with E-state index in [0.717, 1.165) is 16.5 Å². The van der Waals surface area contributed by atoms with Crippen molar-refractivity contribution < 1.29 is 9.18 Å². The maximum atomic E-state index is 14.1. The Morgan fingerprint density at radius 3 is 2.71 bits per heavy atom. The Morgan fingerprint density at radius 1 is 1.33 bits per heavy atom. The van der Waals surface area contributed by atoms with Gasteiger partial charge in [-0.2, -0.15) is 0 Å². The molecule has 5 heteroatoms. The van der Waals surface area contributed by atoms with Gasteiger partial charge in [0.2, 0.25) is 0 Å². The van der Waals surface area contributed by atoms with Crippen molar-refractivity contribution in [3.05, 3.63) is 57.3 Å². The summed E-state index contributed by atoms with van der Waals surface area (Å²) in [6.07, 6.45) is 0.757. The summed E-state index contributed by atoms with van der Waals surface area (Å²) >= 11 is 3.39. The van der Waals surface area contributed by atoms with E-state index in [1.165, 1.54) is 12.1 Å². The van der Waals surface area contributed by atoms with E-state index < -0.39 is 11.7 Å². The molecule has 0 atom stereocenters. The predicted octanol–water partition coefficient (Wildman–Crippen LogP) is 4.29. The van der Waals surface area contributed by atoms with Crippen molar-refractivity contribution in [2.45, 2.75) is 20.3 Å². The van der Waals surface area contributed by atoms with Crippen molar-refractivity contribution in [3.8, 4) is 0 Å². The number of halogens is 2. The van der Waals surface area contributed by atoms with Crippen LogP contribution in [0.1, 0.15) is 28.4 Å². The highest BCUT2D eigenvalue weighted by atomic mass is 79.9. The summed E-state index contributed by atoms with van der Waals surface area (Å²) in [7, 11) is 0. The fraction of sp³-hybridized carbons (Fsp3) is 0.188. The van der Waals surface area contributed by atoms with Crippen LogP contribution in [0.4, 0.5) is 15.8 Å². The number of nitrogen functional groups attached to an aromatic ring is 1. The first-order valence-corrected chi connectivity index (χ1v) is 7.37. The molecule has 0 heterocycles. The molecule has 110 valence electrons. The topological polar surface area (TPSA) is 55.1 Å². The lowest BCUT2D eigenvalue weighted by Crippen LogP contribution is -2.16. The molecular formula is C16H16BrFN2O. The molecule has 0 aliphatic rings. The monoisotopic (exact) mass is 350 g/mol. The van der Waals surface area contributed by atoms with Crippen molar-refractivity contribution >= 4 is 33.2 Å². The van der Waals surface area contributed by atoms with Crippen molar-refractivity contribution in [2.24, 2.45) is 0 Å². The number of anilines is 2. The number of rotatable bonds is 3. The highest BCUT2D eigenvalue weighted by Gasteiger charge is 2.16. The second-order valence-electron chi connectivity index (χ2n) is 4.81. The average molecular weight is 351 g/mol. The van der Waals surface area contributed by atoms with Gasteiger partial charge >= 0.3 is 0 Å². The van der Waals surface area contributed by atoms with Gasteiger partial charge in [-0.3, -0.25) is 4.79 Å². The molecular weight excluding hydrogens is 335 g/mol. The first-order valence-electron chi connectivity index (χ1n) is 6.57. The van der Waals surface area contributed by atoms with Crippen LogP contribution in [0.5, 0.6) is 0 Å². The average Bonchev–Trinajstić information content (AvgIpc) is 2.44. The number of nitrogens with one attached hydrogen (secondary N) is 1. The van der Waals surface area contributed by atoms with Crippen LogP contribution in [0, 0.1) is 12.7 Å². The van der Waals surface area contributed by atoms with Crippen LogP contribution >= 0.6 is 15.9 Å². The Balaban J connectivity index is 2.35. The van der Waals surface area contributed by atoms with E-state index in [0.29, 0.717) is 16.9 Å². The fourth-order valence-corrected chi connectivity index (χ4v) is 2.54. The number of hydrogen-bond acceptors (Lipinski definition) is 2. The maximum Gasteiger partial charge on any atom is 0.258 e. The summed E-state index contributed by atoms with van der Waals surface area (Å²) in [5, 5.41) is 2.74. The summed E-state index contributed by atoms with van der Waals surface area (Å²) in [5.41, 5.74) is 8.00. The van der Waals surface area contributed by atoms with E-state index in [2.05, 4.69) is 21.2 Å². The smallest absolute Gasteiger partial charge is 0.258 e. The quantitative estimate of drug-likeness (QED) is 0.811. The number of nitrogens with two attached hydrogens (primary N) is 1. The van der Waals surface area contributed by atoms with Gasteiger partial charge in [0.05, 0.1) is 5.56 Å². The van der Waals surface area contributed by atoms with Gasteiger partial charge in [-0.25, -0.2) is 4.39 Å². The number of carbonyl (C=O) groups excluding carboxylic acids is 1. The van der Waals surface area contributed by atoms with Gasteiger partial charge in [-0.1, -0.05) is 22.9 Å². The van der Waals surface area contributed by atoms with Crippen LogP contribution in [0.15, 0.2) is 34.8 Å². The SMILES string of the molecule is CCc1cc(Br)ccc1NC(=O)c1cc(N)cc(C)c1F. The minimum Gasteiger partial charge on any atom is -0.399 e. The molecule has 2 aromatic carbocycles. The Kier molecular flexibility index (Phi) is 4.63. The third-order valence-corrected chi connectivity index (χ3v) is 3.71. The Hall–Kier alpha value is -1.88. The van der Waals surface area contributed by atoms with Gasteiger partial charge in [0.25, 0.3) is 5.91 Å². The lowest BCUT2D eigenvalue weighted by molar-refractivity contribution is 0.102. The van der Waals surface area contributed by atoms with Gasteiger partial charge in [0.1, 0.15) is 5.82 Å². The zero-order chi connectivity index (χ0) is 15.6. The lowest BCUT2D eigenvalue weighted by atomic mass is 10.1. The molecule has 0 aromatic heterocycles. The Morgan fingerprint density at radius 2 is 2.05 bits per heavy atom. The largest absolute Gasteiger partial charge is 0.399 e. The molecule has 3 N–H and O–H groups in total. The van der Waals surface area contributed by atoms with E-state index in [-0.39, 0.29) is 5.56 Å². The van der Waals surface area contributed by atoms with Crippen molar-refractivity contribution in [1.29, 1.82) is 0 Å². The maximum absolute atomic E-state index is 14.1. The van der Waals surface area contributed by atoms with Gasteiger partial charge < -0.3 is 11.1 Å². The standard InChI is InChI=1S/C16H16BrFN2O/c1-3-10-7-11(17)4-5-14(10)20-16(21)13-8-12(19)6-9(2)15(13)18/h4-8H,3,19H2,1-2H3,(H,20,21). The second-order valence-corrected chi connectivity index (χ2v) is 5.72. The Bertz CT molecular complexity index is 701. The first kappa shape index (κ1) is 15.5. The molecule has 0 aliphatic heterocycles. The van der Waals surface area contributed by atoms with E-state index >= 15 is 0 Å². The first-order chi connectivity index (χ1) is 9.92. The van der Waals surface area contributed by atoms with Crippen LogP contribution < -0.4 is 11.1 Å². The number of benzene rings is 2. The Labute approximate surface area is 131 Å². The third-order valence-electron chi connectivity index (χ3n) is 3.22. The number of aryl methyl sites for hydroxylation is 2. The van der Waals surface area contributed by atoms with Crippen LogP contribution in [0.25, 0.3) is 0 Å². The van der Waals surface area contributed by atoms with Gasteiger partial charge in [0.15, 0.2) is 0 Å². The lowest BCUT2D eigenvalue weighted by Gasteiger charge is -2.12. The zero-order valence-corrected chi connectivity index (χ0v) is 13.4. The minimum atomic E-state index is -0.545. The number of hydrogen-bond donors (Lipinski definition) is 2. The normalized spacial score (nSPS) is 10.5. The molecule has 0 spiro atoms. The highest BCUT2D eigenvalue weighted by molar-refractivity contribution is 9.10. The van der Waals surface area contributed by atoms with Crippen molar-refractivity contribution in [2.75, 3.05) is 11.1 Å². The summed E-state index contributed by atoms with van der Waals surface area (Å²) < 4.78 is 15.0. The molecule has 0 fully saturated rings. The summed E-state index contributed by atoms with van der Waals surface area (Å²) in [6.45, 7) is 3.57. The summed E-state index contributed by atoms with van der Waals surface area (Å²) in [6, 6.07) is 8.40. The molecule has 21 heavy (non-hydrogen) atoms. The fourth-order valence-electron chi connectivity index (χ4n) is 2.13. The van der Waals surface area contributed by atoms with Crippen LogP contribution in [-0.2, 0) is 6.42 Å². The molecule has 0 unspecified atom stereocenters. The molecule has 3 nitrogen and oxygen atoms in total. The molecule has 0 saturated heterocycles. The summed E-state index contributed by atoms with van der Waals surface area (Å²) in [4.78, 5) is 12.3. The van der Waals surface area contributed by atoms with Gasteiger partial charge in [-0.15, -0.1) is 0 Å². The van der Waals surface area contributed by atoms with E-state index in [4.69, 9.17) is 5.73 Å². The molecule has 2 aromatic rings. The van der Waals surface area contributed by atoms with Gasteiger partial charge in [0, 0.05) is 15.8 Å². The summed E-state index contributed by atoms with van der Waals surface area (Å²) in [5.74, 6) is -1.04. The van der Waals surface area contributed by atoms with Crippen LogP contribution in [0.3, 0.4) is 0 Å². The van der Waals surface area contributed by atoms with E-state index in [9.17, 15) is 9.18 Å².